The topological polar surface area (TPSA) is 35.9 Å². The molecule has 2 atom stereocenters. The van der Waals surface area contributed by atoms with Crippen LogP contribution in [0.5, 0.6) is 0 Å². The van der Waals surface area contributed by atoms with Gasteiger partial charge in [0.1, 0.15) is 0 Å². The van der Waals surface area contributed by atoms with E-state index in [0.717, 1.165) is 58.3 Å². The molecule has 0 bridgehead atoms. The van der Waals surface area contributed by atoms with Crippen LogP contribution in [-0.2, 0) is 4.74 Å². The van der Waals surface area contributed by atoms with Crippen molar-refractivity contribution >= 4 is 0 Å². The van der Waals surface area contributed by atoms with E-state index < -0.39 is 0 Å². The maximum atomic E-state index is 9.66. The van der Waals surface area contributed by atoms with Gasteiger partial charge < -0.3 is 14.7 Å². The molecule has 0 aromatic carbocycles. The highest BCUT2D eigenvalue weighted by Crippen LogP contribution is 2.18. The van der Waals surface area contributed by atoms with Crippen molar-refractivity contribution < 1.29 is 9.84 Å². The molecule has 0 aliphatic carbocycles. The first kappa shape index (κ1) is 13.3. The van der Waals surface area contributed by atoms with Crippen molar-refractivity contribution in [2.24, 2.45) is 5.92 Å². The lowest BCUT2D eigenvalue weighted by Crippen LogP contribution is -2.40. The monoisotopic (exact) mass is 242 g/mol. The molecule has 0 saturated carbocycles. The second kappa shape index (κ2) is 6.69. The van der Waals surface area contributed by atoms with E-state index in [1.807, 2.05) is 6.92 Å². The minimum absolute atomic E-state index is 0.142. The van der Waals surface area contributed by atoms with E-state index in [1.165, 1.54) is 13.0 Å². The van der Waals surface area contributed by atoms with Crippen LogP contribution in [0.25, 0.3) is 0 Å². The summed E-state index contributed by atoms with van der Waals surface area (Å²) in [4.78, 5) is 4.94. The minimum atomic E-state index is -0.142. The van der Waals surface area contributed by atoms with Crippen molar-refractivity contribution in [2.45, 2.75) is 25.9 Å². The van der Waals surface area contributed by atoms with Gasteiger partial charge in [0.2, 0.25) is 0 Å². The number of β-amino-alcohol motifs (C(OH)–C–C–N with tert-alkyl or cyclic N) is 1. The Morgan fingerprint density at radius 1 is 1.24 bits per heavy atom. The van der Waals surface area contributed by atoms with Crippen LogP contribution in [0.3, 0.4) is 0 Å². The first-order chi connectivity index (χ1) is 8.28. The zero-order valence-electron chi connectivity index (χ0n) is 11.0. The summed E-state index contributed by atoms with van der Waals surface area (Å²) in [7, 11) is 0. The average molecular weight is 242 g/mol. The lowest BCUT2D eigenvalue weighted by atomic mass is 10.1. The lowest BCUT2D eigenvalue weighted by molar-refractivity contribution is 0.0308. The van der Waals surface area contributed by atoms with Crippen LogP contribution in [-0.4, -0.2) is 73.5 Å². The first-order valence-electron chi connectivity index (χ1n) is 6.98. The summed E-state index contributed by atoms with van der Waals surface area (Å²) in [6.45, 7) is 10.4. The fourth-order valence-electron chi connectivity index (χ4n) is 2.80. The summed E-state index contributed by atoms with van der Waals surface area (Å²) in [5.74, 6) is 0.789. The van der Waals surface area contributed by atoms with Gasteiger partial charge in [0, 0.05) is 32.7 Å². The number of rotatable bonds is 5. The third kappa shape index (κ3) is 4.21. The number of aliphatic hydroxyl groups is 1. The predicted molar refractivity (Wildman–Crippen MR) is 68.1 cm³/mol. The molecule has 2 rings (SSSR count). The highest BCUT2D eigenvalue weighted by atomic mass is 16.5. The molecule has 0 aromatic heterocycles. The van der Waals surface area contributed by atoms with Crippen LogP contribution in [0.15, 0.2) is 0 Å². The van der Waals surface area contributed by atoms with Gasteiger partial charge >= 0.3 is 0 Å². The van der Waals surface area contributed by atoms with Crippen LogP contribution in [0.4, 0.5) is 0 Å². The molecular weight excluding hydrogens is 216 g/mol. The van der Waals surface area contributed by atoms with Gasteiger partial charge in [0.25, 0.3) is 0 Å². The van der Waals surface area contributed by atoms with E-state index in [0.29, 0.717) is 0 Å². The van der Waals surface area contributed by atoms with Crippen molar-refractivity contribution in [3.63, 3.8) is 0 Å². The summed E-state index contributed by atoms with van der Waals surface area (Å²) >= 11 is 0. The van der Waals surface area contributed by atoms with Crippen LogP contribution in [0, 0.1) is 5.92 Å². The summed E-state index contributed by atoms with van der Waals surface area (Å²) in [6, 6.07) is 0. The molecule has 17 heavy (non-hydrogen) atoms. The third-order valence-electron chi connectivity index (χ3n) is 3.93. The Balaban J connectivity index is 1.66. The Labute approximate surface area is 105 Å². The van der Waals surface area contributed by atoms with Crippen LogP contribution >= 0.6 is 0 Å². The van der Waals surface area contributed by atoms with Crippen molar-refractivity contribution in [3.05, 3.63) is 0 Å². The van der Waals surface area contributed by atoms with E-state index in [1.54, 1.807) is 0 Å². The van der Waals surface area contributed by atoms with Gasteiger partial charge in [-0.2, -0.15) is 0 Å². The van der Waals surface area contributed by atoms with E-state index in [9.17, 15) is 5.11 Å². The third-order valence-corrected chi connectivity index (χ3v) is 3.93. The van der Waals surface area contributed by atoms with Crippen molar-refractivity contribution in [1.82, 2.24) is 9.80 Å². The molecule has 100 valence electrons. The Kier molecular flexibility index (Phi) is 5.22. The molecule has 2 heterocycles. The normalized spacial score (nSPS) is 29.6. The van der Waals surface area contributed by atoms with Gasteiger partial charge in [-0.15, -0.1) is 0 Å². The molecule has 0 amide bonds. The Morgan fingerprint density at radius 3 is 2.71 bits per heavy atom. The van der Waals surface area contributed by atoms with Crippen molar-refractivity contribution in [3.8, 4) is 0 Å². The largest absolute Gasteiger partial charge is 0.392 e. The Morgan fingerprint density at radius 2 is 2.00 bits per heavy atom. The molecule has 2 unspecified atom stereocenters. The molecule has 0 radical (unpaired) electrons. The van der Waals surface area contributed by atoms with Gasteiger partial charge in [0.15, 0.2) is 0 Å². The van der Waals surface area contributed by atoms with E-state index in [-0.39, 0.29) is 6.10 Å². The van der Waals surface area contributed by atoms with Crippen molar-refractivity contribution in [1.29, 1.82) is 0 Å². The van der Waals surface area contributed by atoms with Crippen molar-refractivity contribution in [2.75, 3.05) is 52.5 Å². The molecule has 4 nitrogen and oxygen atoms in total. The Hall–Kier alpha value is -0.160. The summed E-state index contributed by atoms with van der Waals surface area (Å²) in [6.07, 6.45) is 2.01. The fraction of sp³-hybridized carbons (Fsp3) is 1.00. The fourth-order valence-corrected chi connectivity index (χ4v) is 2.80. The van der Waals surface area contributed by atoms with E-state index in [4.69, 9.17) is 4.74 Å². The van der Waals surface area contributed by atoms with Crippen LogP contribution in [0.2, 0.25) is 0 Å². The number of nitrogens with zero attached hydrogens (tertiary/aromatic N) is 2. The second-order valence-corrected chi connectivity index (χ2v) is 5.39. The molecule has 2 aliphatic heterocycles. The van der Waals surface area contributed by atoms with Gasteiger partial charge in [0.05, 0.1) is 19.3 Å². The zero-order chi connectivity index (χ0) is 12.1. The molecule has 4 heteroatoms. The number of hydrogen-bond acceptors (Lipinski definition) is 4. The van der Waals surface area contributed by atoms with E-state index in [2.05, 4.69) is 9.80 Å². The molecule has 0 aromatic rings. The maximum absolute atomic E-state index is 9.66. The SMILES string of the molecule is CCC(O)CN1CCC(CN2CCOCC2)C1. The molecule has 0 spiro atoms. The summed E-state index contributed by atoms with van der Waals surface area (Å²) in [5, 5.41) is 9.66. The molecule has 1 N–H and O–H groups in total. The lowest BCUT2D eigenvalue weighted by Gasteiger charge is -2.29. The standard InChI is InChI=1S/C13H26N2O2/c1-2-13(16)11-15-4-3-12(10-15)9-14-5-7-17-8-6-14/h12-13,16H,2-11H2,1H3. The van der Waals surface area contributed by atoms with Gasteiger partial charge in [-0.1, -0.05) is 6.92 Å². The number of morpholine rings is 1. The van der Waals surface area contributed by atoms with Gasteiger partial charge in [-0.3, -0.25) is 4.90 Å². The smallest absolute Gasteiger partial charge is 0.0664 e. The quantitative estimate of drug-likeness (QED) is 0.757. The highest BCUT2D eigenvalue weighted by Gasteiger charge is 2.25. The van der Waals surface area contributed by atoms with Crippen LogP contribution < -0.4 is 0 Å². The molecule has 2 fully saturated rings. The van der Waals surface area contributed by atoms with Crippen LogP contribution in [0.1, 0.15) is 19.8 Å². The number of aliphatic hydroxyl groups excluding tert-OH is 1. The maximum Gasteiger partial charge on any atom is 0.0664 e. The van der Waals surface area contributed by atoms with E-state index >= 15 is 0 Å². The zero-order valence-corrected chi connectivity index (χ0v) is 11.0. The van der Waals surface area contributed by atoms with Gasteiger partial charge in [-0.25, -0.2) is 0 Å². The molecular formula is C13H26N2O2. The Bertz CT molecular complexity index is 219. The summed E-state index contributed by atoms with van der Waals surface area (Å²) < 4.78 is 5.37. The minimum Gasteiger partial charge on any atom is -0.392 e. The first-order valence-corrected chi connectivity index (χ1v) is 6.98. The number of hydrogen-bond donors (Lipinski definition) is 1. The number of ether oxygens (including phenoxy) is 1. The predicted octanol–water partition coefficient (Wildman–Crippen LogP) is 0.411. The summed E-state index contributed by atoms with van der Waals surface area (Å²) in [5.41, 5.74) is 0. The molecule has 2 saturated heterocycles. The number of likely N-dealkylation sites (tertiary alicyclic amines) is 1. The highest BCUT2D eigenvalue weighted by molar-refractivity contribution is 4.80. The average Bonchev–Trinajstić information content (AvgIpc) is 2.77. The molecule has 2 aliphatic rings. The second-order valence-electron chi connectivity index (χ2n) is 5.39. The van der Waals surface area contributed by atoms with Gasteiger partial charge in [-0.05, 0) is 25.3 Å².